The molecule has 2 saturated heterocycles. The molecule has 0 saturated carbocycles. The van der Waals surface area contributed by atoms with Gasteiger partial charge in [0, 0.05) is 42.9 Å². The first-order valence-electron chi connectivity index (χ1n) is 10.1. The highest BCUT2D eigenvalue weighted by Crippen LogP contribution is 2.37. The number of aromatic amines is 1. The smallest absolute Gasteiger partial charge is 0.203 e. The van der Waals surface area contributed by atoms with E-state index >= 15 is 0 Å². The van der Waals surface area contributed by atoms with Crippen molar-refractivity contribution in [2.75, 3.05) is 17.2 Å². The van der Waals surface area contributed by atoms with Crippen molar-refractivity contribution in [3.8, 4) is 6.07 Å². The highest BCUT2D eigenvalue weighted by Gasteiger charge is 2.40. The molecule has 3 N–H and O–H groups in total. The summed E-state index contributed by atoms with van der Waals surface area (Å²) in [6.07, 6.45) is 8.67. The van der Waals surface area contributed by atoms with Gasteiger partial charge in [-0.3, -0.25) is 14.4 Å². The molecule has 2 fully saturated rings. The average molecular weight is 392 g/mol. The summed E-state index contributed by atoms with van der Waals surface area (Å²) in [5.41, 5.74) is 1.70. The van der Waals surface area contributed by atoms with Gasteiger partial charge in [0.05, 0.1) is 12.3 Å². The van der Waals surface area contributed by atoms with Gasteiger partial charge in [-0.1, -0.05) is 0 Å². The van der Waals surface area contributed by atoms with E-state index in [9.17, 15) is 0 Å². The molecule has 0 radical (unpaired) electrons. The van der Waals surface area contributed by atoms with E-state index in [4.69, 9.17) is 10.2 Å². The van der Waals surface area contributed by atoms with E-state index in [0.29, 0.717) is 36.0 Å². The van der Waals surface area contributed by atoms with E-state index < -0.39 is 0 Å². The Kier molecular flexibility index (Phi) is 4.52. The van der Waals surface area contributed by atoms with Gasteiger partial charge in [0.1, 0.15) is 6.33 Å². The second-order valence-corrected chi connectivity index (χ2v) is 7.94. The van der Waals surface area contributed by atoms with Gasteiger partial charge in [-0.2, -0.15) is 10.4 Å². The number of nitrogens with one attached hydrogen (secondary N) is 3. The highest BCUT2D eigenvalue weighted by molar-refractivity contribution is 5.66. The van der Waals surface area contributed by atoms with Crippen molar-refractivity contribution >= 4 is 23.1 Å². The summed E-state index contributed by atoms with van der Waals surface area (Å²) in [7, 11) is 0. The lowest BCUT2D eigenvalue weighted by molar-refractivity contribution is 0.136. The van der Waals surface area contributed by atoms with Gasteiger partial charge in [0.25, 0.3) is 0 Å². The van der Waals surface area contributed by atoms with Gasteiger partial charge in [-0.05, 0) is 32.6 Å². The topological polar surface area (TPSA) is 123 Å². The first kappa shape index (κ1) is 17.9. The second kappa shape index (κ2) is 7.33. The maximum absolute atomic E-state index is 8.93. The van der Waals surface area contributed by atoms with Crippen molar-refractivity contribution in [3.63, 3.8) is 0 Å². The number of nitriles is 1. The molecule has 3 aromatic rings. The molecule has 5 heterocycles. The van der Waals surface area contributed by atoms with Crippen LogP contribution in [-0.2, 0) is 0 Å². The monoisotopic (exact) mass is 392 g/mol. The van der Waals surface area contributed by atoms with Crippen molar-refractivity contribution in [1.82, 2.24) is 34.7 Å². The van der Waals surface area contributed by atoms with E-state index in [1.165, 1.54) is 12.8 Å². The number of H-pyrrole nitrogens is 1. The van der Waals surface area contributed by atoms with Crippen molar-refractivity contribution in [2.45, 2.75) is 57.2 Å². The zero-order valence-corrected chi connectivity index (χ0v) is 16.3. The van der Waals surface area contributed by atoms with Crippen LogP contribution in [0.2, 0.25) is 0 Å². The molecular weight excluding hydrogens is 368 g/mol. The van der Waals surface area contributed by atoms with E-state index in [0.717, 1.165) is 36.7 Å². The molecule has 0 spiro atoms. The van der Waals surface area contributed by atoms with Crippen molar-refractivity contribution in [3.05, 3.63) is 24.3 Å². The van der Waals surface area contributed by atoms with Gasteiger partial charge in [0.2, 0.25) is 5.65 Å². The average Bonchev–Trinajstić information content (AvgIpc) is 3.39. The summed E-state index contributed by atoms with van der Waals surface area (Å²) in [5.74, 6) is 2.13. The molecular formula is C19H24N10. The number of rotatable bonds is 6. The Labute approximate surface area is 168 Å². The fourth-order valence-corrected chi connectivity index (χ4v) is 4.74. The van der Waals surface area contributed by atoms with Crippen LogP contribution in [0.25, 0.3) is 5.65 Å². The first-order chi connectivity index (χ1) is 14.2. The van der Waals surface area contributed by atoms with Crippen LogP contribution in [0, 0.1) is 18.3 Å². The number of anilines is 3. The standard InChI is InChI=1S/C19H24N10/c1-12-7-16(26-25-12)23-17-10-28-11-21-27-19(28)18(24-17)22-13-8-14-3-4-15(9-13)29(14)6-2-5-20/h7,10-11,13-15H,2-4,6,8-9H2,1H3,(H,22,24)(H2,23,25,26)/t13?,14-,15?/m0/s1. The summed E-state index contributed by atoms with van der Waals surface area (Å²) in [6.45, 7) is 2.84. The minimum Gasteiger partial charge on any atom is -0.364 e. The Morgan fingerprint density at radius 1 is 1.28 bits per heavy atom. The predicted molar refractivity (Wildman–Crippen MR) is 108 cm³/mol. The van der Waals surface area contributed by atoms with Crippen LogP contribution in [0.3, 0.4) is 0 Å². The van der Waals surface area contributed by atoms with Crippen LogP contribution < -0.4 is 10.6 Å². The SMILES string of the molecule is Cc1cc(Nc2cn3cnnc3c(NC3CC4CC[C@@H](C3)N4CCC#N)n2)n[nH]1. The van der Waals surface area contributed by atoms with Crippen LogP contribution in [0.5, 0.6) is 0 Å². The summed E-state index contributed by atoms with van der Waals surface area (Å²) >= 11 is 0. The van der Waals surface area contributed by atoms with Crippen molar-refractivity contribution in [2.24, 2.45) is 0 Å². The summed E-state index contributed by atoms with van der Waals surface area (Å²) in [6, 6.07) is 5.63. The lowest BCUT2D eigenvalue weighted by Gasteiger charge is -2.39. The van der Waals surface area contributed by atoms with Gasteiger partial charge in [0.15, 0.2) is 17.5 Å². The maximum Gasteiger partial charge on any atom is 0.203 e. The third-order valence-electron chi connectivity index (χ3n) is 5.95. The summed E-state index contributed by atoms with van der Waals surface area (Å²) < 4.78 is 1.87. The molecule has 3 aromatic heterocycles. The van der Waals surface area contributed by atoms with Crippen LogP contribution >= 0.6 is 0 Å². The molecule has 2 unspecified atom stereocenters. The fraction of sp³-hybridized carbons (Fsp3) is 0.526. The zero-order valence-electron chi connectivity index (χ0n) is 16.3. The Bertz CT molecular complexity index is 1030. The minimum absolute atomic E-state index is 0.335. The van der Waals surface area contributed by atoms with Gasteiger partial charge >= 0.3 is 0 Å². The molecule has 29 heavy (non-hydrogen) atoms. The molecule has 2 aliphatic heterocycles. The Morgan fingerprint density at radius 3 is 2.83 bits per heavy atom. The lowest BCUT2D eigenvalue weighted by Crippen LogP contribution is -2.47. The zero-order chi connectivity index (χ0) is 19.8. The first-order valence-corrected chi connectivity index (χ1v) is 10.1. The van der Waals surface area contributed by atoms with Gasteiger partial charge in [-0.25, -0.2) is 4.98 Å². The van der Waals surface area contributed by atoms with E-state index in [1.807, 2.05) is 23.6 Å². The molecule has 3 atom stereocenters. The lowest BCUT2D eigenvalue weighted by atomic mass is 9.97. The predicted octanol–water partition coefficient (Wildman–Crippen LogP) is 2.22. The number of piperidine rings is 1. The summed E-state index contributed by atoms with van der Waals surface area (Å²) in [5, 5.41) is 31.2. The Balaban J connectivity index is 1.35. The molecule has 5 rings (SSSR count). The molecule has 10 heteroatoms. The van der Waals surface area contributed by atoms with E-state index in [1.54, 1.807) is 6.33 Å². The third kappa shape index (κ3) is 3.49. The molecule has 0 amide bonds. The third-order valence-corrected chi connectivity index (χ3v) is 5.95. The second-order valence-electron chi connectivity index (χ2n) is 7.94. The Hall–Kier alpha value is -3.19. The quantitative estimate of drug-likeness (QED) is 0.583. The van der Waals surface area contributed by atoms with Crippen LogP contribution in [0.15, 0.2) is 18.6 Å². The van der Waals surface area contributed by atoms with E-state index in [2.05, 4.69) is 42.0 Å². The largest absolute Gasteiger partial charge is 0.364 e. The van der Waals surface area contributed by atoms with Gasteiger partial charge in [-0.15, -0.1) is 10.2 Å². The fourth-order valence-electron chi connectivity index (χ4n) is 4.74. The van der Waals surface area contributed by atoms with Crippen LogP contribution in [-0.4, -0.2) is 59.3 Å². The molecule has 2 aliphatic rings. The number of aromatic nitrogens is 6. The molecule has 0 aliphatic carbocycles. The van der Waals surface area contributed by atoms with Crippen molar-refractivity contribution < 1.29 is 0 Å². The normalized spacial score (nSPS) is 23.9. The Morgan fingerprint density at radius 2 is 2.10 bits per heavy atom. The van der Waals surface area contributed by atoms with Gasteiger partial charge < -0.3 is 10.6 Å². The number of hydrogen-bond acceptors (Lipinski definition) is 8. The number of hydrogen-bond donors (Lipinski definition) is 3. The highest BCUT2D eigenvalue weighted by atomic mass is 15.3. The molecule has 10 nitrogen and oxygen atoms in total. The number of aryl methyl sites for hydroxylation is 1. The van der Waals surface area contributed by atoms with Crippen LogP contribution in [0.4, 0.5) is 17.5 Å². The number of nitrogens with zero attached hydrogens (tertiary/aromatic N) is 7. The molecule has 150 valence electrons. The maximum atomic E-state index is 8.93. The molecule has 2 bridgehead atoms. The minimum atomic E-state index is 0.335. The molecule has 0 aromatic carbocycles. The van der Waals surface area contributed by atoms with E-state index in [-0.39, 0.29) is 0 Å². The van der Waals surface area contributed by atoms with Crippen LogP contribution in [0.1, 0.15) is 37.8 Å². The number of fused-ring (bicyclic) bond motifs is 3. The van der Waals surface area contributed by atoms with Crippen molar-refractivity contribution in [1.29, 1.82) is 5.26 Å². The summed E-state index contributed by atoms with van der Waals surface area (Å²) in [4.78, 5) is 7.28.